The van der Waals surface area contributed by atoms with Gasteiger partial charge in [0.15, 0.2) is 0 Å². The van der Waals surface area contributed by atoms with Crippen LogP contribution in [-0.4, -0.2) is 4.57 Å². The average Bonchev–Trinajstić information content (AvgIpc) is 3.34. The summed E-state index contributed by atoms with van der Waals surface area (Å²) < 4.78 is 1.92. The number of nitrogens with zero attached hydrogens (tertiary/aromatic N) is 1. The van der Waals surface area contributed by atoms with Crippen molar-refractivity contribution < 1.29 is 0 Å². The Labute approximate surface area is 134 Å². The maximum atomic E-state index is 12.6. The van der Waals surface area contributed by atoms with Crippen LogP contribution < -0.4 is 5.56 Å². The lowest BCUT2D eigenvalue weighted by atomic mass is 10.0. The predicted octanol–water partition coefficient (Wildman–Crippen LogP) is 4.73. The van der Waals surface area contributed by atoms with Gasteiger partial charge in [-0.05, 0) is 48.1 Å². The molecule has 110 valence electrons. The minimum absolute atomic E-state index is 0.0700. The van der Waals surface area contributed by atoms with Gasteiger partial charge >= 0.3 is 0 Å². The molecule has 0 radical (unpaired) electrons. The first-order chi connectivity index (χ1) is 10.7. The van der Waals surface area contributed by atoms with Gasteiger partial charge in [-0.1, -0.05) is 41.9 Å². The summed E-state index contributed by atoms with van der Waals surface area (Å²) in [5.74, 6) is 0.665. The zero-order chi connectivity index (χ0) is 15.1. The highest BCUT2D eigenvalue weighted by atomic mass is 35.5. The molecule has 22 heavy (non-hydrogen) atoms. The van der Waals surface area contributed by atoms with E-state index < -0.39 is 0 Å². The van der Waals surface area contributed by atoms with Gasteiger partial charge in [0.1, 0.15) is 0 Å². The van der Waals surface area contributed by atoms with E-state index >= 15 is 0 Å². The molecule has 3 heteroatoms. The molecule has 1 heterocycles. The van der Waals surface area contributed by atoms with Crippen molar-refractivity contribution in [3.63, 3.8) is 0 Å². The number of rotatable bonds is 3. The van der Waals surface area contributed by atoms with Gasteiger partial charge < -0.3 is 4.57 Å². The Hall–Kier alpha value is -2.06. The van der Waals surface area contributed by atoms with Gasteiger partial charge in [0.2, 0.25) is 0 Å². The zero-order valence-corrected chi connectivity index (χ0v) is 12.9. The molecule has 0 unspecified atom stereocenters. The summed E-state index contributed by atoms with van der Waals surface area (Å²) in [7, 11) is 0. The van der Waals surface area contributed by atoms with Gasteiger partial charge in [0, 0.05) is 23.0 Å². The Morgan fingerprint density at radius 1 is 1.05 bits per heavy atom. The van der Waals surface area contributed by atoms with Gasteiger partial charge in [0.25, 0.3) is 5.56 Å². The highest BCUT2D eigenvalue weighted by molar-refractivity contribution is 6.30. The summed E-state index contributed by atoms with van der Waals surface area (Å²) in [6.45, 7) is 0.829. The number of hydrogen-bond donors (Lipinski definition) is 0. The van der Waals surface area contributed by atoms with Crippen LogP contribution in [0.3, 0.4) is 0 Å². The molecule has 4 rings (SSSR count). The van der Waals surface area contributed by atoms with Gasteiger partial charge in [-0.15, -0.1) is 0 Å². The van der Waals surface area contributed by atoms with E-state index in [0.29, 0.717) is 10.9 Å². The van der Waals surface area contributed by atoms with Crippen molar-refractivity contribution in [3.05, 3.63) is 70.0 Å². The summed E-state index contributed by atoms with van der Waals surface area (Å²) in [5.41, 5.74) is 3.02. The van der Waals surface area contributed by atoms with Gasteiger partial charge in [0.05, 0.1) is 5.52 Å². The topological polar surface area (TPSA) is 22.0 Å². The fourth-order valence-corrected chi connectivity index (χ4v) is 3.17. The molecule has 2 aromatic carbocycles. The number of halogens is 1. The first-order valence-corrected chi connectivity index (χ1v) is 7.99. The van der Waals surface area contributed by atoms with Crippen molar-refractivity contribution in [1.29, 1.82) is 0 Å². The molecule has 0 saturated heterocycles. The van der Waals surface area contributed by atoms with E-state index in [1.165, 1.54) is 12.8 Å². The van der Waals surface area contributed by atoms with E-state index in [4.69, 9.17) is 11.6 Å². The Bertz CT molecular complexity index is 909. The van der Waals surface area contributed by atoms with Crippen molar-refractivity contribution in [2.75, 3.05) is 0 Å². The normalized spacial score (nSPS) is 14.4. The van der Waals surface area contributed by atoms with E-state index in [1.54, 1.807) is 6.07 Å². The van der Waals surface area contributed by atoms with E-state index in [1.807, 2.05) is 47.0 Å². The number of hydrogen-bond acceptors (Lipinski definition) is 1. The molecule has 3 aromatic rings. The molecule has 0 N–H and O–H groups in total. The molecule has 1 aliphatic carbocycles. The molecular weight excluding hydrogens is 294 g/mol. The lowest BCUT2D eigenvalue weighted by molar-refractivity contribution is 0.627. The third kappa shape index (κ3) is 2.44. The van der Waals surface area contributed by atoms with Crippen LogP contribution in [0, 0.1) is 5.92 Å². The highest BCUT2D eigenvalue weighted by Crippen LogP contribution is 2.33. The molecule has 0 atom stereocenters. The van der Waals surface area contributed by atoms with Crippen LogP contribution in [0.1, 0.15) is 12.8 Å². The number of pyridine rings is 1. The summed E-state index contributed by atoms with van der Waals surface area (Å²) in [6.07, 6.45) is 2.47. The fraction of sp³-hybridized carbons (Fsp3) is 0.211. The van der Waals surface area contributed by atoms with Crippen molar-refractivity contribution in [2.24, 2.45) is 5.92 Å². The summed E-state index contributed by atoms with van der Waals surface area (Å²) in [4.78, 5) is 12.6. The molecule has 0 aliphatic heterocycles. The van der Waals surface area contributed by atoms with Crippen LogP contribution in [0.15, 0.2) is 59.4 Å². The van der Waals surface area contributed by atoms with Gasteiger partial charge in [-0.2, -0.15) is 0 Å². The molecule has 0 spiro atoms. The Morgan fingerprint density at radius 2 is 1.86 bits per heavy atom. The molecule has 1 aromatic heterocycles. The predicted molar refractivity (Wildman–Crippen MR) is 91.4 cm³/mol. The second-order valence-electron chi connectivity index (χ2n) is 5.98. The molecule has 2 nitrogen and oxygen atoms in total. The van der Waals surface area contributed by atoms with Crippen LogP contribution in [0.5, 0.6) is 0 Å². The molecule has 0 bridgehead atoms. The Kier molecular flexibility index (Phi) is 3.27. The highest BCUT2D eigenvalue weighted by Gasteiger charge is 2.23. The van der Waals surface area contributed by atoms with Crippen LogP contribution >= 0.6 is 11.6 Å². The molecular formula is C19H16ClNO. The third-order valence-electron chi connectivity index (χ3n) is 4.29. The van der Waals surface area contributed by atoms with Crippen molar-refractivity contribution >= 4 is 22.5 Å². The zero-order valence-electron chi connectivity index (χ0n) is 12.1. The maximum Gasteiger partial charge on any atom is 0.251 e. The fourth-order valence-electron chi connectivity index (χ4n) is 2.98. The number of para-hydroxylation sites is 1. The number of benzene rings is 2. The standard InChI is InChI=1S/C19H16ClNO/c20-15-5-3-4-14(10-15)17-11-19(22)21(12-13-8-9-13)18-7-2-1-6-16(17)18/h1-7,10-11,13H,8-9,12H2. The molecule has 0 amide bonds. The lowest BCUT2D eigenvalue weighted by Crippen LogP contribution is -2.21. The van der Waals surface area contributed by atoms with Crippen LogP contribution in [0.4, 0.5) is 0 Å². The first-order valence-electron chi connectivity index (χ1n) is 7.61. The van der Waals surface area contributed by atoms with E-state index in [9.17, 15) is 4.79 Å². The molecule has 1 saturated carbocycles. The van der Waals surface area contributed by atoms with Gasteiger partial charge in [-0.3, -0.25) is 4.79 Å². The number of fused-ring (bicyclic) bond motifs is 1. The van der Waals surface area contributed by atoms with Crippen LogP contribution in [0.2, 0.25) is 5.02 Å². The van der Waals surface area contributed by atoms with Crippen LogP contribution in [-0.2, 0) is 6.54 Å². The average molecular weight is 310 g/mol. The molecule has 1 fully saturated rings. The quantitative estimate of drug-likeness (QED) is 0.685. The third-order valence-corrected chi connectivity index (χ3v) is 4.53. The van der Waals surface area contributed by atoms with Crippen molar-refractivity contribution in [1.82, 2.24) is 4.57 Å². The van der Waals surface area contributed by atoms with E-state index in [0.717, 1.165) is 28.6 Å². The minimum Gasteiger partial charge on any atom is -0.308 e. The largest absolute Gasteiger partial charge is 0.308 e. The van der Waals surface area contributed by atoms with Crippen molar-refractivity contribution in [2.45, 2.75) is 19.4 Å². The monoisotopic (exact) mass is 309 g/mol. The number of aromatic nitrogens is 1. The SMILES string of the molecule is O=c1cc(-c2cccc(Cl)c2)c2ccccc2n1CC1CC1. The second kappa shape index (κ2) is 5.29. The summed E-state index contributed by atoms with van der Waals surface area (Å²) in [6, 6.07) is 17.5. The molecule has 1 aliphatic rings. The van der Waals surface area contributed by atoms with Gasteiger partial charge in [-0.25, -0.2) is 0 Å². The lowest BCUT2D eigenvalue weighted by Gasteiger charge is -2.13. The second-order valence-corrected chi connectivity index (χ2v) is 6.41. The summed E-state index contributed by atoms with van der Waals surface area (Å²) >= 11 is 6.11. The van der Waals surface area contributed by atoms with E-state index in [2.05, 4.69) is 6.07 Å². The maximum absolute atomic E-state index is 12.6. The van der Waals surface area contributed by atoms with E-state index in [-0.39, 0.29) is 5.56 Å². The van der Waals surface area contributed by atoms with Crippen molar-refractivity contribution in [3.8, 4) is 11.1 Å². The van der Waals surface area contributed by atoms with Crippen LogP contribution in [0.25, 0.3) is 22.0 Å². The Morgan fingerprint density at radius 3 is 2.64 bits per heavy atom. The first kappa shape index (κ1) is 13.6. The minimum atomic E-state index is 0.0700. The summed E-state index contributed by atoms with van der Waals surface area (Å²) in [5, 5.41) is 1.79. The smallest absolute Gasteiger partial charge is 0.251 e. The Balaban J connectivity index is 1.98.